The maximum absolute atomic E-state index is 14.1. The summed E-state index contributed by atoms with van der Waals surface area (Å²) >= 11 is 0. The van der Waals surface area contributed by atoms with Gasteiger partial charge in [-0.05, 0) is 71.8 Å². The van der Waals surface area contributed by atoms with Crippen LogP contribution in [0.25, 0.3) is 0 Å². The predicted octanol–water partition coefficient (Wildman–Crippen LogP) is 6.23. The fourth-order valence-electron chi connectivity index (χ4n) is 4.17. The summed E-state index contributed by atoms with van der Waals surface area (Å²) in [5.74, 6) is 1.22. The van der Waals surface area contributed by atoms with E-state index in [0.717, 1.165) is 11.5 Å². The van der Waals surface area contributed by atoms with Crippen LogP contribution in [0.1, 0.15) is 34.2 Å². The van der Waals surface area contributed by atoms with E-state index in [1.807, 2.05) is 24.3 Å². The van der Waals surface area contributed by atoms with Gasteiger partial charge in [-0.25, -0.2) is 8.78 Å². The second kappa shape index (κ2) is 9.74. The Morgan fingerprint density at radius 3 is 1.69 bits per heavy atom. The Bertz CT molecular complexity index is 1290. The van der Waals surface area contributed by atoms with E-state index >= 15 is 0 Å². The van der Waals surface area contributed by atoms with E-state index in [1.54, 1.807) is 36.8 Å². The van der Waals surface area contributed by atoms with Crippen LogP contribution in [0.5, 0.6) is 0 Å². The van der Waals surface area contributed by atoms with E-state index in [9.17, 15) is 13.9 Å². The molecule has 0 atom stereocenters. The number of benzene rings is 2. The van der Waals surface area contributed by atoms with Crippen molar-refractivity contribution < 1.29 is 27.1 Å². The molecule has 7 heteroatoms. The van der Waals surface area contributed by atoms with Crippen LogP contribution >= 0.6 is 0 Å². The topological polar surface area (TPSA) is 62.9 Å². The van der Waals surface area contributed by atoms with Crippen molar-refractivity contribution in [3.63, 3.8) is 0 Å². The minimum absolute atomic E-state index is 0.152. The number of rotatable bonds is 9. The standard InChI is InChI=1S/C28H23F2NO4/c29-22-7-1-5-20(15-22)28(32,21-6-2-8-23(30)16-21)27-12-11-26(35-27)19-31(17-24-9-3-13-33-24)18-25-10-4-14-34-25/h1-16,32H,17-19H2. The summed E-state index contributed by atoms with van der Waals surface area (Å²) in [7, 11) is 0. The van der Waals surface area contributed by atoms with Crippen molar-refractivity contribution in [1.82, 2.24) is 4.90 Å². The van der Waals surface area contributed by atoms with E-state index in [4.69, 9.17) is 13.3 Å². The summed E-state index contributed by atoms with van der Waals surface area (Å²) in [5.41, 5.74) is -1.44. The quantitative estimate of drug-likeness (QED) is 0.274. The van der Waals surface area contributed by atoms with Crippen molar-refractivity contribution in [2.45, 2.75) is 25.2 Å². The highest BCUT2D eigenvalue weighted by atomic mass is 19.1. The highest BCUT2D eigenvalue weighted by Crippen LogP contribution is 2.38. The van der Waals surface area contributed by atoms with Gasteiger partial charge in [0.15, 0.2) is 5.60 Å². The number of halogens is 2. The molecule has 5 rings (SSSR count). The Morgan fingerprint density at radius 1 is 0.657 bits per heavy atom. The zero-order valence-electron chi connectivity index (χ0n) is 18.7. The molecule has 3 heterocycles. The Labute approximate surface area is 200 Å². The summed E-state index contributed by atoms with van der Waals surface area (Å²) in [6.45, 7) is 1.38. The van der Waals surface area contributed by atoms with Crippen LogP contribution in [0, 0.1) is 11.6 Å². The molecule has 35 heavy (non-hydrogen) atoms. The van der Waals surface area contributed by atoms with Gasteiger partial charge in [-0.2, -0.15) is 0 Å². The van der Waals surface area contributed by atoms with Gasteiger partial charge in [0.1, 0.15) is 34.7 Å². The van der Waals surface area contributed by atoms with E-state index in [2.05, 4.69) is 4.90 Å². The van der Waals surface area contributed by atoms with Crippen LogP contribution in [-0.2, 0) is 25.2 Å². The van der Waals surface area contributed by atoms with Gasteiger partial charge in [-0.3, -0.25) is 4.90 Å². The van der Waals surface area contributed by atoms with Crippen molar-refractivity contribution in [2.75, 3.05) is 0 Å². The summed E-state index contributed by atoms with van der Waals surface area (Å²) in [6.07, 6.45) is 3.23. The zero-order valence-corrected chi connectivity index (χ0v) is 18.7. The molecule has 0 aliphatic rings. The van der Waals surface area contributed by atoms with Crippen LogP contribution < -0.4 is 0 Å². The molecule has 1 N–H and O–H groups in total. The molecule has 0 unspecified atom stereocenters. The van der Waals surface area contributed by atoms with E-state index in [-0.39, 0.29) is 16.9 Å². The summed E-state index contributed by atoms with van der Waals surface area (Å²) in [5, 5.41) is 11.9. The molecule has 0 spiro atoms. The molecule has 0 amide bonds. The molecular weight excluding hydrogens is 452 g/mol. The lowest BCUT2D eigenvalue weighted by molar-refractivity contribution is 0.0938. The van der Waals surface area contributed by atoms with Crippen LogP contribution in [0.15, 0.2) is 111 Å². The number of hydrogen-bond acceptors (Lipinski definition) is 5. The predicted molar refractivity (Wildman–Crippen MR) is 124 cm³/mol. The third-order valence-corrected chi connectivity index (χ3v) is 5.80. The molecule has 2 aromatic carbocycles. The average Bonchev–Trinajstić information content (AvgIpc) is 3.62. The minimum Gasteiger partial charge on any atom is -0.468 e. The molecule has 0 radical (unpaired) electrons. The first-order valence-corrected chi connectivity index (χ1v) is 11.1. The Kier molecular flexibility index (Phi) is 6.35. The smallest absolute Gasteiger partial charge is 0.173 e. The molecule has 0 aliphatic carbocycles. The molecule has 5 aromatic rings. The lowest BCUT2D eigenvalue weighted by atomic mass is 9.84. The van der Waals surface area contributed by atoms with Gasteiger partial charge in [-0.15, -0.1) is 0 Å². The van der Waals surface area contributed by atoms with Gasteiger partial charge < -0.3 is 18.4 Å². The van der Waals surface area contributed by atoms with Gasteiger partial charge in [0.05, 0.1) is 32.2 Å². The van der Waals surface area contributed by atoms with E-state index < -0.39 is 17.2 Å². The summed E-state index contributed by atoms with van der Waals surface area (Å²) in [6, 6.07) is 21.9. The Hall–Kier alpha value is -3.94. The largest absolute Gasteiger partial charge is 0.468 e. The lowest BCUT2D eigenvalue weighted by Crippen LogP contribution is -2.28. The second-order valence-electron chi connectivity index (χ2n) is 8.30. The first-order valence-electron chi connectivity index (χ1n) is 11.1. The van der Waals surface area contributed by atoms with E-state index in [1.165, 1.54) is 36.4 Å². The van der Waals surface area contributed by atoms with Crippen LogP contribution in [0.2, 0.25) is 0 Å². The van der Waals surface area contributed by atoms with Gasteiger partial charge in [-0.1, -0.05) is 24.3 Å². The molecule has 0 saturated carbocycles. The normalized spacial score (nSPS) is 11.9. The monoisotopic (exact) mass is 475 g/mol. The number of furan rings is 3. The van der Waals surface area contributed by atoms with Gasteiger partial charge in [0, 0.05) is 0 Å². The number of hydrogen-bond donors (Lipinski definition) is 1. The molecule has 0 bridgehead atoms. The molecule has 0 saturated heterocycles. The van der Waals surface area contributed by atoms with Crippen LogP contribution in [0.4, 0.5) is 8.78 Å². The zero-order chi connectivity index (χ0) is 24.3. The van der Waals surface area contributed by atoms with Crippen molar-refractivity contribution in [2.24, 2.45) is 0 Å². The third-order valence-electron chi connectivity index (χ3n) is 5.80. The molecule has 5 nitrogen and oxygen atoms in total. The van der Waals surface area contributed by atoms with Crippen molar-refractivity contribution in [3.8, 4) is 0 Å². The lowest BCUT2D eigenvalue weighted by Gasteiger charge is -2.27. The Balaban J connectivity index is 1.48. The summed E-state index contributed by atoms with van der Waals surface area (Å²) < 4.78 is 45.3. The fourth-order valence-corrected chi connectivity index (χ4v) is 4.17. The van der Waals surface area contributed by atoms with Crippen LogP contribution in [-0.4, -0.2) is 10.0 Å². The second-order valence-corrected chi connectivity index (χ2v) is 8.30. The van der Waals surface area contributed by atoms with Crippen molar-refractivity contribution >= 4 is 0 Å². The van der Waals surface area contributed by atoms with Crippen molar-refractivity contribution in [3.05, 3.63) is 143 Å². The Morgan fingerprint density at radius 2 is 1.20 bits per heavy atom. The maximum Gasteiger partial charge on any atom is 0.173 e. The SMILES string of the molecule is OC(c1cccc(F)c1)(c1cccc(F)c1)c1ccc(CN(Cc2ccco2)Cc2ccco2)o1. The van der Waals surface area contributed by atoms with Crippen molar-refractivity contribution in [1.29, 1.82) is 0 Å². The van der Waals surface area contributed by atoms with Gasteiger partial charge in [0.25, 0.3) is 0 Å². The van der Waals surface area contributed by atoms with Crippen LogP contribution in [0.3, 0.4) is 0 Å². The number of aliphatic hydroxyl groups is 1. The molecule has 178 valence electrons. The van der Waals surface area contributed by atoms with E-state index in [0.29, 0.717) is 25.4 Å². The number of nitrogens with zero attached hydrogens (tertiary/aromatic N) is 1. The highest BCUT2D eigenvalue weighted by molar-refractivity contribution is 5.44. The average molecular weight is 475 g/mol. The van der Waals surface area contributed by atoms with Gasteiger partial charge in [0.2, 0.25) is 0 Å². The molecule has 0 aliphatic heterocycles. The first-order chi connectivity index (χ1) is 17.0. The highest BCUT2D eigenvalue weighted by Gasteiger charge is 2.38. The molecular formula is C28H23F2NO4. The third kappa shape index (κ3) is 4.96. The summed E-state index contributed by atoms with van der Waals surface area (Å²) in [4.78, 5) is 2.06. The maximum atomic E-state index is 14.1. The molecule has 0 fully saturated rings. The first kappa shape index (κ1) is 22.8. The molecule has 3 aromatic heterocycles. The fraction of sp³-hybridized carbons (Fsp3) is 0.143. The minimum atomic E-state index is -1.89. The van der Waals surface area contributed by atoms with Gasteiger partial charge >= 0.3 is 0 Å².